The van der Waals surface area contributed by atoms with Crippen LogP contribution in [0.3, 0.4) is 0 Å². The quantitative estimate of drug-likeness (QED) is 0.860. The minimum absolute atomic E-state index is 0.0700. The van der Waals surface area contributed by atoms with Crippen LogP contribution in [0.1, 0.15) is 61.7 Å². The molecule has 3 nitrogen and oxygen atoms in total. The van der Waals surface area contributed by atoms with Crippen molar-refractivity contribution in [3.63, 3.8) is 0 Å². The number of hydrogen-bond donors (Lipinski definition) is 1. The standard InChI is InChI=1S/C19H26O3/c20-17-10-6-14(7-11-17)15-8-12-18(13-9-15)22-19(21)16-4-2-1-3-5-16/h1-5,14-15,17-18,20H,6-13H2. The Morgan fingerprint density at radius 3 is 2.00 bits per heavy atom. The molecule has 0 amide bonds. The van der Waals surface area contributed by atoms with Gasteiger partial charge in [-0.05, 0) is 75.3 Å². The van der Waals surface area contributed by atoms with Crippen LogP contribution >= 0.6 is 0 Å². The summed E-state index contributed by atoms with van der Waals surface area (Å²) in [7, 11) is 0. The summed E-state index contributed by atoms with van der Waals surface area (Å²) in [4.78, 5) is 12.1. The van der Waals surface area contributed by atoms with E-state index < -0.39 is 0 Å². The zero-order valence-corrected chi connectivity index (χ0v) is 13.1. The first-order valence-corrected chi connectivity index (χ1v) is 8.66. The van der Waals surface area contributed by atoms with Gasteiger partial charge in [-0.2, -0.15) is 0 Å². The number of hydrogen-bond acceptors (Lipinski definition) is 3. The number of rotatable bonds is 3. The lowest BCUT2D eigenvalue weighted by Crippen LogP contribution is -2.30. The van der Waals surface area contributed by atoms with Gasteiger partial charge in [-0.15, -0.1) is 0 Å². The van der Waals surface area contributed by atoms with E-state index in [0.29, 0.717) is 5.56 Å². The van der Waals surface area contributed by atoms with Gasteiger partial charge in [0.1, 0.15) is 6.10 Å². The summed E-state index contributed by atoms with van der Waals surface area (Å²) >= 11 is 0. The molecule has 2 aliphatic carbocycles. The Morgan fingerprint density at radius 1 is 0.864 bits per heavy atom. The zero-order valence-electron chi connectivity index (χ0n) is 13.1. The molecule has 3 rings (SSSR count). The molecule has 3 heteroatoms. The number of aliphatic hydroxyl groups is 1. The Bertz CT molecular complexity index is 469. The predicted molar refractivity (Wildman–Crippen MR) is 85.6 cm³/mol. The van der Waals surface area contributed by atoms with Crippen LogP contribution in [0.25, 0.3) is 0 Å². The van der Waals surface area contributed by atoms with Gasteiger partial charge in [0.2, 0.25) is 0 Å². The minimum atomic E-state index is -0.190. The van der Waals surface area contributed by atoms with Crippen molar-refractivity contribution >= 4 is 5.97 Å². The van der Waals surface area contributed by atoms with E-state index in [0.717, 1.165) is 50.4 Å². The fraction of sp³-hybridized carbons (Fsp3) is 0.632. The second-order valence-electron chi connectivity index (χ2n) is 6.88. The second-order valence-corrected chi connectivity index (χ2v) is 6.88. The Morgan fingerprint density at radius 2 is 1.41 bits per heavy atom. The first-order valence-electron chi connectivity index (χ1n) is 8.66. The average molecular weight is 302 g/mol. The number of carbonyl (C=O) groups is 1. The van der Waals surface area contributed by atoms with Gasteiger partial charge < -0.3 is 9.84 Å². The number of benzene rings is 1. The molecule has 120 valence electrons. The molecular formula is C19H26O3. The van der Waals surface area contributed by atoms with Gasteiger partial charge in [0.25, 0.3) is 0 Å². The van der Waals surface area contributed by atoms with Crippen LogP contribution in [0.2, 0.25) is 0 Å². The Hall–Kier alpha value is -1.35. The third-order valence-corrected chi connectivity index (χ3v) is 5.41. The molecule has 0 atom stereocenters. The summed E-state index contributed by atoms with van der Waals surface area (Å²) in [5.74, 6) is 1.35. The smallest absolute Gasteiger partial charge is 0.338 e. The van der Waals surface area contributed by atoms with Crippen molar-refractivity contribution in [3.05, 3.63) is 35.9 Å². The molecule has 1 N–H and O–H groups in total. The summed E-state index contributed by atoms with van der Waals surface area (Å²) in [5.41, 5.74) is 0.644. The van der Waals surface area contributed by atoms with Crippen molar-refractivity contribution in [2.45, 2.75) is 63.6 Å². The van der Waals surface area contributed by atoms with Crippen LogP contribution in [0.5, 0.6) is 0 Å². The molecule has 0 unspecified atom stereocenters. The topological polar surface area (TPSA) is 46.5 Å². The predicted octanol–water partition coefficient (Wildman–Crippen LogP) is 3.95. The van der Waals surface area contributed by atoms with Crippen molar-refractivity contribution in [1.82, 2.24) is 0 Å². The van der Waals surface area contributed by atoms with Gasteiger partial charge in [0.15, 0.2) is 0 Å². The summed E-state index contributed by atoms with van der Waals surface area (Å²) < 4.78 is 5.65. The molecule has 0 aromatic heterocycles. The van der Waals surface area contributed by atoms with E-state index in [2.05, 4.69) is 0 Å². The maximum Gasteiger partial charge on any atom is 0.338 e. The van der Waals surface area contributed by atoms with Crippen LogP contribution in [0, 0.1) is 11.8 Å². The van der Waals surface area contributed by atoms with Gasteiger partial charge in [-0.1, -0.05) is 18.2 Å². The molecule has 0 heterocycles. The highest BCUT2D eigenvalue weighted by Crippen LogP contribution is 2.39. The van der Waals surface area contributed by atoms with Crippen molar-refractivity contribution in [2.24, 2.45) is 11.8 Å². The van der Waals surface area contributed by atoms with Crippen molar-refractivity contribution < 1.29 is 14.6 Å². The van der Waals surface area contributed by atoms with Crippen molar-refractivity contribution in [1.29, 1.82) is 0 Å². The summed E-state index contributed by atoms with van der Waals surface area (Å²) in [6.07, 6.45) is 8.57. The van der Waals surface area contributed by atoms with Gasteiger partial charge in [0, 0.05) is 0 Å². The van der Waals surface area contributed by atoms with Crippen LogP contribution in [0.4, 0.5) is 0 Å². The van der Waals surface area contributed by atoms with Crippen LogP contribution in [-0.4, -0.2) is 23.3 Å². The Kier molecular flexibility index (Phi) is 5.14. The van der Waals surface area contributed by atoms with Gasteiger partial charge in [-0.25, -0.2) is 4.79 Å². The van der Waals surface area contributed by atoms with Crippen molar-refractivity contribution in [3.8, 4) is 0 Å². The average Bonchev–Trinajstić information content (AvgIpc) is 2.57. The van der Waals surface area contributed by atoms with Crippen LogP contribution in [-0.2, 0) is 4.74 Å². The van der Waals surface area contributed by atoms with E-state index in [1.165, 1.54) is 12.8 Å². The fourth-order valence-corrected chi connectivity index (χ4v) is 4.04. The minimum Gasteiger partial charge on any atom is -0.459 e. The molecule has 2 aliphatic rings. The lowest BCUT2D eigenvalue weighted by Gasteiger charge is -2.36. The first-order chi connectivity index (χ1) is 10.7. The third-order valence-electron chi connectivity index (χ3n) is 5.41. The highest BCUT2D eigenvalue weighted by atomic mass is 16.5. The van der Waals surface area contributed by atoms with E-state index in [9.17, 15) is 9.90 Å². The molecule has 0 aliphatic heterocycles. The van der Waals surface area contributed by atoms with Gasteiger partial charge in [-0.3, -0.25) is 0 Å². The van der Waals surface area contributed by atoms with E-state index in [4.69, 9.17) is 4.74 Å². The van der Waals surface area contributed by atoms with Crippen molar-refractivity contribution in [2.75, 3.05) is 0 Å². The van der Waals surface area contributed by atoms with E-state index in [1.54, 1.807) is 12.1 Å². The van der Waals surface area contributed by atoms with Crippen LogP contribution in [0.15, 0.2) is 30.3 Å². The monoisotopic (exact) mass is 302 g/mol. The lowest BCUT2D eigenvalue weighted by atomic mass is 9.72. The molecule has 0 bridgehead atoms. The van der Waals surface area contributed by atoms with Gasteiger partial charge >= 0.3 is 5.97 Å². The SMILES string of the molecule is O=C(OC1CCC(C2CCC(O)CC2)CC1)c1ccccc1. The number of aliphatic hydroxyl groups excluding tert-OH is 1. The van der Waals surface area contributed by atoms with E-state index in [1.807, 2.05) is 18.2 Å². The fourth-order valence-electron chi connectivity index (χ4n) is 4.04. The molecule has 0 spiro atoms. The molecule has 1 aromatic carbocycles. The number of esters is 1. The number of ether oxygens (including phenoxy) is 1. The molecule has 0 radical (unpaired) electrons. The zero-order chi connectivity index (χ0) is 15.4. The first kappa shape index (κ1) is 15.5. The van der Waals surface area contributed by atoms with E-state index in [-0.39, 0.29) is 18.2 Å². The Labute approximate surface area is 132 Å². The largest absolute Gasteiger partial charge is 0.459 e. The molecule has 2 saturated carbocycles. The normalized spacial score (nSPS) is 32.4. The third kappa shape index (κ3) is 3.89. The summed E-state index contributed by atoms with van der Waals surface area (Å²) in [6.45, 7) is 0. The highest BCUT2D eigenvalue weighted by molar-refractivity contribution is 5.89. The Balaban J connectivity index is 1.45. The summed E-state index contributed by atoms with van der Waals surface area (Å²) in [6, 6.07) is 9.25. The molecule has 22 heavy (non-hydrogen) atoms. The molecule has 0 saturated heterocycles. The molecular weight excluding hydrogens is 276 g/mol. The lowest BCUT2D eigenvalue weighted by molar-refractivity contribution is 0.00849. The maximum atomic E-state index is 12.1. The van der Waals surface area contributed by atoms with Gasteiger partial charge in [0.05, 0.1) is 11.7 Å². The molecule has 1 aromatic rings. The van der Waals surface area contributed by atoms with E-state index >= 15 is 0 Å². The second kappa shape index (κ2) is 7.28. The molecule has 2 fully saturated rings. The highest BCUT2D eigenvalue weighted by Gasteiger charge is 2.31. The maximum absolute atomic E-state index is 12.1. The number of carbonyl (C=O) groups excluding carboxylic acids is 1. The summed E-state index contributed by atoms with van der Waals surface area (Å²) in [5, 5.41) is 9.62. The van der Waals surface area contributed by atoms with Crippen LogP contribution < -0.4 is 0 Å².